The van der Waals surface area contributed by atoms with Crippen LogP contribution in [0.25, 0.3) is 0 Å². The number of ether oxygens (including phenoxy) is 1. The normalized spacial score (nSPS) is 27.9. The second kappa shape index (κ2) is 6.26. The highest BCUT2D eigenvalue weighted by molar-refractivity contribution is 5.85. The van der Waals surface area contributed by atoms with Gasteiger partial charge >= 0.3 is 12.1 Å². The van der Waals surface area contributed by atoms with Gasteiger partial charge in [-0.2, -0.15) is 13.2 Å². The Balaban J connectivity index is 1.80. The van der Waals surface area contributed by atoms with E-state index in [-0.39, 0.29) is 24.6 Å². The molecule has 3 atom stereocenters. The first-order valence-corrected chi connectivity index (χ1v) is 8.34. The molecule has 1 saturated carbocycles. The molecule has 1 aromatic rings. The minimum absolute atomic E-state index is 0.0617. The van der Waals surface area contributed by atoms with Crippen LogP contribution >= 0.6 is 0 Å². The van der Waals surface area contributed by atoms with E-state index in [0.29, 0.717) is 6.42 Å². The van der Waals surface area contributed by atoms with Crippen molar-refractivity contribution in [3.8, 4) is 0 Å². The summed E-state index contributed by atoms with van der Waals surface area (Å²) >= 11 is 0. The molecule has 1 amide bonds. The molecule has 1 N–H and O–H groups in total. The van der Waals surface area contributed by atoms with E-state index in [1.165, 1.54) is 23.1 Å². The molecule has 1 saturated heterocycles. The molecule has 1 unspecified atom stereocenters. The number of benzene rings is 1. The zero-order valence-electron chi connectivity index (χ0n) is 14.4. The van der Waals surface area contributed by atoms with E-state index < -0.39 is 41.2 Å². The van der Waals surface area contributed by atoms with E-state index in [4.69, 9.17) is 9.84 Å². The molecule has 1 aliphatic heterocycles. The summed E-state index contributed by atoms with van der Waals surface area (Å²) < 4.78 is 44.9. The summed E-state index contributed by atoms with van der Waals surface area (Å²) in [7, 11) is 0. The predicted molar refractivity (Wildman–Crippen MR) is 85.5 cm³/mol. The number of carbonyl (C=O) groups is 2. The molecule has 8 heteroatoms. The number of amides is 1. The molecule has 0 aromatic heterocycles. The van der Waals surface area contributed by atoms with Crippen molar-refractivity contribution in [3.63, 3.8) is 0 Å². The van der Waals surface area contributed by atoms with Crippen molar-refractivity contribution in [2.45, 2.75) is 44.0 Å². The van der Waals surface area contributed by atoms with Gasteiger partial charge in [0.25, 0.3) is 0 Å². The summed E-state index contributed by atoms with van der Waals surface area (Å²) in [6.45, 7) is 3.46. The Morgan fingerprint density at radius 3 is 2.54 bits per heavy atom. The highest BCUT2D eigenvalue weighted by Crippen LogP contribution is 2.52. The van der Waals surface area contributed by atoms with Gasteiger partial charge in [0, 0.05) is 5.92 Å². The van der Waals surface area contributed by atoms with Crippen molar-refractivity contribution in [1.82, 2.24) is 4.90 Å². The lowest BCUT2D eigenvalue weighted by Gasteiger charge is -2.44. The van der Waals surface area contributed by atoms with Crippen LogP contribution in [0.1, 0.15) is 37.3 Å². The molecular weight excluding hydrogens is 351 g/mol. The van der Waals surface area contributed by atoms with E-state index >= 15 is 0 Å². The molecule has 26 heavy (non-hydrogen) atoms. The Morgan fingerprint density at radius 1 is 1.27 bits per heavy atom. The fourth-order valence-electron chi connectivity index (χ4n) is 3.48. The number of halogens is 3. The fraction of sp³-hybridized carbons (Fsp3) is 0.556. The number of hydrogen-bond donors (Lipinski definition) is 1. The highest BCUT2D eigenvalue weighted by atomic mass is 19.4. The van der Waals surface area contributed by atoms with Crippen LogP contribution in [0.15, 0.2) is 24.3 Å². The molecule has 142 valence electrons. The number of rotatable bonds is 3. The smallest absolute Gasteiger partial charge is 0.416 e. The first kappa shape index (κ1) is 18.7. The van der Waals surface area contributed by atoms with Gasteiger partial charge in [-0.3, -0.25) is 4.79 Å². The summed E-state index contributed by atoms with van der Waals surface area (Å²) in [5.41, 5.74) is -1.30. The fourth-order valence-corrected chi connectivity index (χ4v) is 3.48. The molecule has 0 bridgehead atoms. The van der Waals surface area contributed by atoms with Crippen molar-refractivity contribution in [1.29, 1.82) is 0 Å². The largest absolute Gasteiger partial charge is 0.479 e. The molecule has 1 aromatic carbocycles. The molecule has 0 radical (unpaired) electrons. The van der Waals surface area contributed by atoms with Gasteiger partial charge < -0.3 is 14.7 Å². The molecule has 1 heterocycles. The van der Waals surface area contributed by atoms with Crippen LogP contribution in [0.3, 0.4) is 0 Å². The van der Waals surface area contributed by atoms with Crippen LogP contribution in [0.2, 0.25) is 0 Å². The number of aliphatic carboxylic acids is 1. The summed E-state index contributed by atoms with van der Waals surface area (Å²) in [5.74, 6) is -2.54. The maximum absolute atomic E-state index is 13.2. The van der Waals surface area contributed by atoms with Crippen molar-refractivity contribution in [3.05, 3.63) is 35.4 Å². The second-order valence-electron chi connectivity index (χ2n) is 7.43. The van der Waals surface area contributed by atoms with Crippen molar-refractivity contribution in [2.24, 2.45) is 5.92 Å². The number of carboxylic acids is 1. The van der Waals surface area contributed by atoms with E-state index in [1.807, 2.05) is 0 Å². The minimum atomic E-state index is -4.47. The van der Waals surface area contributed by atoms with Crippen LogP contribution in [-0.2, 0) is 20.5 Å². The first-order valence-electron chi connectivity index (χ1n) is 8.34. The zero-order valence-corrected chi connectivity index (χ0v) is 14.4. The quantitative estimate of drug-likeness (QED) is 0.887. The number of hydrogen-bond acceptors (Lipinski definition) is 3. The van der Waals surface area contributed by atoms with Crippen LogP contribution in [0, 0.1) is 5.92 Å². The maximum Gasteiger partial charge on any atom is 0.416 e. The van der Waals surface area contributed by atoms with E-state index in [2.05, 4.69) is 0 Å². The number of carboxylic acid groups (broad SMARTS) is 1. The van der Waals surface area contributed by atoms with Crippen molar-refractivity contribution >= 4 is 11.9 Å². The third-order valence-electron chi connectivity index (χ3n) is 5.03. The summed E-state index contributed by atoms with van der Waals surface area (Å²) in [5, 5.41) is 9.13. The summed E-state index contributed by atoms with van der Waals surface area (Å²) in [6.07, 6.45) is -5.26. The Bertz CT molecular complexity index is 731. The van der Waals surface area contributed by atoms with Gasteiger partial charge in [0.05, 0.1) is 24.3 Å². The van der Waals surface area contributed by atoms with Crippen LogP contribution in [0.5, 0.6) is 0 Å². The lowest BCUT2D eigenvalue weighted by molar-refractivity contribution is -0.172. The number of morpholine rings is 1. The number of carbonyl (C=O) groups excluding carboxylic acids is 1. The first-order chi connectivity index (χ1) is 12.0. The van der Waals surface area contributed by atoms with E-state index in [1.54, 1.807) is 13.8 Å². The van der Waals surface area contributed by atoms with Gasteiger partial charge in [0.2, 0.25) is 5.91 Å². The number of alkyl halides is 3. The minimum Gasteiger partial charge on any atom is -0.479 e. The molecule has 2 aliphatic rings. The third-order valence-corrected chi connectivity index (χ3v) is 5.03. The zero-order chi connectivity index (χ0) is 19.3. The topological polar surface area (TPSA) is 66.8 Å². The predicted octanol–water partition coefficient (Wildman–Crippen LogP) is 2.90. The lowest BCUT2D eigenvalue weighted by Crippen LogP contribution is -2.60. The third kappa shape index (κ3) is 3.42. The van der Waals surface area contributed by atoms with Gasteiger partial charge in [0.15, 0.2) is 6.10 Å². The van der Waals surface area contributed by atoms with Gasteiger partial charge in [-0.05, 0) is 37.8 Å². The van der Waals surface area contributed by atoms with E-state index in [0.717, 1.165) is 6.07 Å². The summed E-state index contributed by atoms with van der Waals surface area (Å²) in [6, 6.07) is 5.29. The average Bonchev–Trinajstić information content (AvgIpc) is 3.33. The van der Waals surface area contributed by atoms with Crippen LogP contribution in [-0.4, -0.2) is 46.7 Å². The average molecular weight is 371 g/mol. The van der Waals surface area contributed by atoms with Gasteiger partial charge in [-0.25, -0.2) is 4.79 Å². The Kier molecular flexibility index (Phi) is 4.50. The van der Waals surface area contributed by atoms with Crippen molar-refractivity contribution in [2.75, 3.05) is 13.2 Å². The molecule has 5 nitrogen and oxygen atoms in total. The second-order valence-corrected chi connectivity index (χ2v) is 7.43. The lowest BCUT2D eigenvalue weighted by atomic mass is 9.98. The van der Waals surface area contributed by atoms with Crippen molar-refractivity contribution < 1.29 is 32.6 Å². The SMILES string of the molecule is CC1(C)COC(C(=O)O)CN1C(=O)[C@@H]1C[C@H]1c1ccccc1C(F)(F)F. The molecular formula is C18H20F3NO4. The number of nitrogens with zero attached hydrogens (tertiary/aromatic N) is 1. The summed E-state index contributed by atoms with van der Waals surface area (Å²) in [4.78, 5) is 25.5. The Hall–Kier alpha value is -2.09. The van der Waals surface area contributed by atoms with Crippen LogP contribution in [0.4, 0.5) is 13.2 Å². The molecule has 0 spiro atoms. The molecule has 2 fully saturated rings. The van der Waals surface area contributed by atoms with Gasteiger partial charge in [0.1, 0.15) is 0 Å². The Labute approximate surface area is 148 Å². The van der Waals surface area contributed by atoms with Crippen LogP contribution < -0.4 is 0 Å². The Morgan fingerprint density at radius 2 is 1.92 bits per heavy atom. The maximum atomic E-state index is 13.2. The van der Waals surface area contributed by atoms with Gasteiger partial charge in [-0.1, -0.05) is 18.2 Å². The highest BCUT2D eigenvalue weighted by Gasteiger charge is 2.52. The monoisotopic (exact) mass is 371 g/mol. The van der Waals surface area contributed by atoms with Gasteiger partial charge in [-0.15, -0.1) is 0 Å². The van der Waals surface area contributed by atoms with E-state index in [9.17, 15) is 22.8 Å². The standard InChI is InChI=1S/C18H20F3NO4/c1-17(2)9-26-14(16(24)25)8-22(17)15(23)12-7-11(12)10-5-3-4-6-13(10)18(19,20)21/h3-6,11-12,14H,7-9H2,1-2H3,(H,24,25)/t11-,12+,14?/m0/s1. The molecule has 3 rings (SSSR count). The molecule has 1 aliphatic carbocycles.